The van der Waals surface area contributed by atoms with Gasteiger partial charge in [0.25, 0.3) is 0 Å². The number of carbonyl (C=O) groups is 1. The minimum atomic E-state index is -0.141. The van der Waals surface area contributed by atoms with E-state index in [1.807, 2.05) is 12.2 Å². The van der Waals surface area contributed by atoms with Crippen molar-refractivity contribution in [1.82, 2.24) is 0 Å². The van der Waals surface area contributed by atoms with Crippen LogP contribution in [0.2, 0.25) is 0 Å². The molecule has 0 heterocycles. The molecule has 0 saturated carbocycles. The fraction of sp³-hybridized carbons (Fsp3) is 0.615. The van der Waals surface area contributed by atoms with Crippen LogP contribution in [0.25, 0.3) is 0 Å². The van der Waals surface area contributed by atoms with E-state index in [4.69, 9.17) is 4.74 Å². The van der Waals surface area contributed by atoms with Crippen LogP contribution < -0.4 is 0 Å². The standard InChI is InChI=1S/C13H22O2/c1-5-7-11(3)10-12(4)8-9-15-13(14)6-2/h5,8,11H,1,6-7,9-10H2,2-4H3/b12-8+. The number of ether oxygens (including phenoxy) is 1. The zero-order chi connectivity index (χ0) is 11.7. The molecule has 0 amide bonds. The van der Waals surface area contributed by atoms with E-state index in [9.17, 15) is 4.79 Å². The lowest BCUT2D eigenvalue weighted by atomic mass is 9.99. The van der Waals surface area contributed by atoms with Gasteiger partial charge in [-0.1, -0.05) is 25.5 Å². The highest BCUT2D eigenvalue weighted by molar-refractivity contribution is 5.68. The molecule has 0 aliphatic rings. The van der Waals surface area contributed by atoms with Crippen molar-refractivity contribution in [3.8, 4) is 0 Å². The maximum atomic E-state index is 10.9. The topological polar surface area (TPSA) is 26.3 Å². The maximum absolute atomic E-state index is 10.9. The van der Waals surface area contributed by atoms with Gasteiger partial charge in [-0.05, 0) is 31.8 Å². The summed E-state index contributed by atoms with van der Waals surface area (Å²) in [6.07, 6.45) is 6.43. The number of esters is 1. The molecule has 0 saturated heterocycles. The molecule has 0 aromatic carbocycles. The van der Waals surface area contributed by atoms with Crippen molar-refractivity contribution in [2.75, 3.05) is 6.61 Å². The molecule has 0 N–H and O–H groups in total. The average Bonchev–Trinajstić information content (AvgIpc) is 2.17. The molecular weight excluding hydrogens is 188 g/mol. The van der Waals surface area contributed by atoms with Crippen LogP contribution in [0.3, 0.4) is 0 Å². The van der Waals surface area contributed by atoms with Gasteiger partial charge in [0.2, 0.25) is 0 Å². The third-order valence-corrected chi connectivity index (χ3v) is 2.20. The second-order valence-corrected chi connectivity index (χ2v) is 3.92. The van der Waals surface area contributed by atoms with Crippen LogP contribution in [0.5, 0.6) is 0 Å². The number of rotatable bonds is 7. The summed E-state index contributed by atoms with van der Waals surface area (Å²) in [5.41, 5.74) is 1.27. The highest BCUT2D eigenvalue weighted by Crippen LogP contribution is 2.14. The van der Waals surface area contributed by atoms with E-state index in [-0.39, 0.29) is 5.97 Å². The van der Waals surface area contributed by atoms with Crippen molar-refractivity contribution < 1.29 is 9.53 Å². The van der Waals surface area contributed by atoms with Gasteiger partial charge in [-0.25, -0.2) is 0 Å². The second kappa shape index (κ2) is 8.27. The molecule has 0 bridgehead atoms. The van der Waals surface area contributed by atoms with Crippen LogP contribution in [0.1, 0.15) is 40.0 Å². The van der Waals surface area contributed by atoms with Crippen molar-refractivity contribution in [3.05, 3.63) is 24.3 Å². The van der Waals surface area contributed by atoms with E-state index in [1.165, 1.54) is 5.57 Å². The molecule has 0 aliphatic heterocycles. The van der Waals surface area contributed by atoms with Crippen LogP contribution in [0.15, 0.2) is 24.3 Å². The third kappa shape index (κ3) is 7.98. The molecule has 0 rings (SSSR count). The fourth-order valence-electron chi connectivity index (χ4n) is 1.38. The Balaban J connectivity index is 3.78. The first kappa shape index (κ1) is 13.9. The smallest absolute Gasteiger partial charge is 0.305 e. The predicted octanol–water partition coefficient (Wildman–Crippen LogP) is 3.49. The Morgan fingerprint density at radius 1 is 1.53 bits per heavy atom. The van der Waals surface area contributed by atoms with E-state index < -0.39 is 0 Å². The van der Waals surface area contributed by atoms with Crippen molar-refractivity contribution in [2.24, 2.45) is 5.92 Å². The van der Waals surface area contributed by atoms with Crippen LogP contribution >= 0.6 is 0 Å². The summed E-state index contributed by atoms with van der Waals surface area (Å²) in [5.74, 6) is 0.471. The maximum Gasteiger partial charge on any atom is 0.305 e. The minimum Gasteiger partial charge on any atom is -0.461 e. The van der Waals surface area contributed by atoms with Crippen molar-refractivity contribution in [3.63, 3.8) is 0 Å². The number of hydrogen-bond acceptors (Lipinski definition) is 2. The monoisotopic (exact) mass is 210 g/mol. The SMILES string of the molecule is C=CCC(C)C/C(C)=C/COC(=O)CC. The van der Waals surface area contributed by atoms with Gasteiger partial charge in [-0.2, -0.15) is 0 Å². The Morgan fingerprint density at radius 3 is 2.73 bits per heavy atom. The van der Waals surface area contributed by atoms with Gasteiger partial charge in [-0.15, -0.1) is 6.58 Å². The molecule has 15 heavy (non-hydrogen) atoms. The fourth-order valence-corrected chi connectivity index (χ4v) is 1.38. The van der Waals surface area contributed by atoms with Gasteiger partial charge in [0.1, 0.15) is 6.61 Å². The van der Waals surface area contributed by atoms with Crippen molar-refractivity contribution >= 4 is 5.97 Å². The molecule has 0 aromatic heterocycles. The Labute approximate surface area is 93.0 Å². The largest absolute Gasteiger partial charge is 0.461 e. The zero-order valence-electron chi connectivity index (χ0n) is 10.1. The molecule has 0 radical (unpaired) electrons. The van der Waals surface area contributed by atoms with Gasteiger partial charge in [0.05, 0.1) is 0 Å². The lowest BCUT2D eigenvalue weighted by molar-refractivity contribution is -0.141. The van der Waals surface area contributed by atoms with Crippen LogP contribution in [0, 0.1) is 5.92 Å². The Kier molecular flexibility index (Phi) is 7.69. The van der Waals surface area contributed by atoms with Crippen molar-refractivity contribution in [2.45, 2.75) is 40.0 Å². The highest BCUT2D eigenvalue weighted by Gasteiger charge is 2.01. The normalized spacial score (nSPS) is 13.4. The summed E-state index contributed by atoms with van der Waals surface area (Å²) in [6.45, 7) is 10.2. The average molecular weight is 210 g/mol. The van der Waals surface area contributed by atoms with E-state index in [2.05, 4.69) is 20.4 Å². The molecule has 1 unspecified atom stereocenters. The second-order valence-electron chi connectivity index (χ2n) is 3.92. The summed E-state index contributed by atoms with van der Waals surface area (Å²) in [4.78, 5) is 10.9. The Bertz CT molecular complexity index is 229. The Morgan fingerprint density at radius 2 is 2.20 bits per heavy atom. The lowest BCUT2D eigenvalue weighted by Gasteiger charge is -2.08. The first-order chi connectivity index (χ1) is 7.10. The van der Waals surface area contributed by atoms with Gasteiger partial charge in [0.15, 0.2) is 0 Å². The molecule has 86 valence electrons. The number of hydrogen-bond donors (Lipinski definition) is 0. The summed E-state index contributed by atoms with van der Waals surface area (Å²) >= 11 is 0. The van der Waals surface area contributed by atoms with Crippen LogP contribution in [-0.4, -0.2) is 12.6 Å². The molecule has 0 aromatic rings. The van der Waals surface area contributed by atoms with E-state index in [0.29, 0.717) is 18.9 Å². The number of allylic oxidation sites excluding steroid dienone is 2. The predicted molar refractivity (Wildman–Crippen MR) is 63.6 cm³/mol. The first-order valence-corrected chi connectivity index (χ1v) is 5.52. The quantitative estimate of drug-likeness (QED) is 0.475. The third-order valence-electron chi connectivity index (χ3n) is 2.20. The van der Waals surface area contributed by atoms with Gasteiger partial charge >= 0.3 is 5.97 Å². The zero-order valence-corrected chi connectivity index (χ0v) is 10.1. The van der Waals surface area contributed by atoms with Gasteiger partial charge in [0, 0.05) is 6.42 Å². The molecule has 1 atom stereocenters. The molecule has 0 aliphatic carbocycles. The lowest BCUT2D eigenvalue weighted by Crippen LogP contribution is -2.02. The molecule has 0 fully saturated rings. The van der Waals surface area contributed by atoms with Crippen LogP contribution in [-0.2, 0) is 9.53 Å². The van der Waals surface area contributed by atoms with E-state index in [0.717, 1.165) is 12.8 Å². The molecule has 0 spiro atoms. The van der Waals surface area contributed by atoms with Crippen molar-refractivity contribution in [1.29, 1.82) is 0 Å². The van der Waals surface area contributed by atoms with Gasteiger partial charge in [-0.3, -0.25) is 4.79 Å². The van der Waals surface area contributed by atoms with Gasteiger partial charge < -0.3 is 4.74 Å². The highest BCUT2D eigenvalue weighted by atomic mass is 16.5. The summed E-state index contributed by atoms with van der Waals surface area (Å²) in [6, 6.07) is 0. The summed E-state index contributed by atoms with van der Waals surface area (Å²) in [7, 11) is 0. The first-order valence-electron chi connectivity index (χ1n) is 5.52. The van der Waals surface area contributed by atoms with Crippen LogP contribution in [0.4, 0.5) is 0 Å². The summed E-state index contributed by atoms with van der Waals surface area (Å²) < 4.78 is 4.97. The molecule has 2 nitrogen and oxygen atoms in total. The van der Waals surface area contributed by atoms with E-state index in [1.54, 1.807) is 6.92 Å². The number of carbonyl (C=O) groups excluding carboxylic acids is 1. The van der Waals surface area contributed by atoms with E-state index >= 15 is 0 Å². The Hall–Kier alpha value is -1.05. The summed E-state index contributed by atoms with van der Waals surface area (Å²) in [5, 5.41) is 0. The molecular formula is C13H22O2. The minimum absolute atomic E-state index is 0.141. The molecule has 2 heteroatoms.